The van der Waals surface area contributed by atoms with Crippen LogP contribution in [0.4, 0.5) is 8.78 Å². The van der Waals surface area contributed by atoms with Crippen molar-refractivity contribution < 1.29 is 18.7 Å². The molecule has 0 aromatic heterocycles. The lowest BCUT2D eigenvalue weighted by molar-refractivity contribution is -0.143. The molecule has 2 rings (SSSR count). The lowest BCUT2D eigenvalue weighted by atomic mass is 10.1. The van der Waals surface area contributed by atoms with Crippen molar-refractivity contribution in [1.29, 1.82) is 0 Å². The van der Waals surface area contributed by atoms with E-state index in [2.05, 4.69) is 15.9 Å². The van der Waals surface area contributed by atoms with E-state index in [0.29, 0.717) is 0 Å². The predicted octanol–water partition coefficient (Wildman–Crippen LogP) is 3.16. The summed E-state index contributed by atoms with van der Waals surface area (Å²) < 4.78 is 27.8. The molecule has 0 amide bonds. The Morgan fingerprint density at radius 1 is 1.53 bits per heavy atom. The Morgan fingerprint density at radius 2 is 2.16 bits per heavy atom. The summed E-state index contributed by atoms with van der Waals surface area (Å²) in [5.41, 5.74) is -0.0885. The fraction of sp³-hybridized carbons (Fsp3) is 0.462. The Labute approximate surface area is 118 Å². The molecule has 0 aliphatic heterocycles. The van der Waals surface area contributed by atoms with Crippen LogP contribution >= 0.6 is 15.9 Å². The molecule has 1 aromatic rings. The maximum absolute atomic E-state index is 13.9. The average Bonchev–Trinajstić information content (AvgIpc) is 3.18. The maximum Gasteiger partial charge on any atom is 0.320 e. The van der Waals surface area contributed by atoms with Crippen LogP contribution in [-0.4, -0.2) is 28.1 Å². The molecule has 0 radical (unpaired) electrons. The van der Waals surface area contributed by atoms with Gasteiger partial charge in [-0.15, -0.1) is 0 Å². The Balaban J connectivity index is 2.27. The summed E-state index contributed by atoms with van der Waals surface area (Å²) >= 11 is 3.01. The van der Waals surface area contributed by atoms with E-state index in [1.807, 2.05) is 0 Å². The van der Waals surface area contributed by atoms with Gasteiger partial charge in [0.25, 0.3) is 0 Å². The first-order chi connectivity index (χ1) is 8.91. The Morgan fingerprint density at radius 3 is 2.68 bits per heavy atom. The zero-order valence-electron chi connectivity index (χ0n) is 10.4. The minimum absolute atomic E-state index is 0.0325. The van der Waals surface area contributed by atoms with Gasteiger partial charge in [-0.1, -0.05) is 0 Å². The van der Waals surface area contributed by atoms with Crippen LogP contribution in [0.5, 0.6) is 0 Å². The summed E-state index contributed by atoms with van der Waals surface area (Å²) in [6.07, 6.45) is 1.74. The third-order valence-corrected chi connectivity index (χ3v) is 3.96. The van der Waals surface area contributed by atoms with Crippen molar-refractivity contribution in [3.8, 4) is 0 Å². The van der Waals surface area contributed by atoms with Crippen molar-refractivity contribution in [2.75, 3.05) is 0 Å². The van der Waals surface area contributed by atoms with Crippen LogP contribution in [-0.2, 0) is 11.3 Å². The van der Waals surface area contributed by atoms with Crippen molar-refractivity contribution >= 4 is 21.9 Å². The second-order valence-electron chi connectivity index (χ2n) is 4.74. The van der Waals surface area contributed by atoms with Crippen LogP contribution in [0.1, 0.15) is 25.3 Å². The molecule has 19 heavy (non-hydrogen) atoms. The number of rotatable bonds is 5. The topological polar surface area (TPSA) is 40.5 Å². The molecule has 1 atom stereocenters. The summed E-state index contributed by atoms with van der Waals surface area (Å²) in [5, 5.41) is 9.06. The second-order valence-corrected chi connectivity index (χ2v) is 5.59. The largest absolute Gasteiger partial charge is 0.480 e. The molecule has 0 heterocycles. The van der Waals surface area contributed by atoms with Gasteiger partial charge in [0.2, 0.25) is 0 Å². The summed E-state index contributed by atoms with van der Waals surface area (Å²) in [7, 11) is 0. The molecule has 0 spiro atoms. The van der Waals surface area contributed by atoms with Gasteiger partial charge in [-0.3, -0.25) is 9.69 Å². The number of benzene rings is 1. The molecular weight excluding hydrogens is 320 g/mol. The molecule has 1 aliphatic rings. The number of carboxylic acids is 1. The number of carboxylic acid groups (broad SMARTS) is 1. The van der Waals surface area contributed by atoms with Crippen LogP contribution in [0, 0.1) is 11.6 Å². The number of halogens is 3. The first kappa shape index (κ1) is 14.4. The lowest BCUT2D eigenvalue weighted by Crippen LogP contribution is -2.40. The van der Waals surface area contributed by atoms with Gasteiger partial charge in [0.05, 0.1) is 4.47 Å². The van der Waals surface area contributed by atoms with Gasteiger partial charge in [-0.2, -0.15) is 0 Å². The highest BCUT2D eigenvalue weighted by Crippen LogP contribution is 2.32. The zero-order valence-corrected chi connectivity index (χ0v) is 12.0. The zero-order chi connectivity index (χ0) is 14.2. The van der Waals surface area contributed by atoms with Gasteiger partial charge in [0.1, 0.15) is 17.7 Å². The molecule has 1 unspecified atom stereocenters. The quantitative estimate of drug-likeness (QED) is 0.841. The third-order valence-electron chi connectivity index (χ3n) is 3.35. The molecule has 3 nitrogen and oxygen atoms in total. The monoisotopic (exact) mass is 333 g/mol. The molecule has 104 valence electrons. The first-order valence-electron chi connectivity index (χ1n) is 6.02. The van der Waals surface area contributed by atoms with Crippen LogP contribution in [0.25, 0.3) is 0 Å². The highest BCUT2D eigenvalue weighted by Gasteiger charge is 2.36. The molecule has 1 fully saturated rings. The van der Waals surface area contributed by atoms with Crippen LogP contribution in [0.15, 0.2) is 16.6 Å². The minimum atomic E-state index is -0.984. The maximum atomic E-state index is 13.9. The Hall–Kier alpha value is -1.01. The lowest BCUT2D eigenvalue weighted by Gasteiger charge is -2.26. The van der Waals surface area contributed by atoms with E-state index in [9.17, 15) is 13.6 Å². The minimum Gasteiger partial charge on any atom is -0.480 e. The van der Waals surface area contributed by atoms with Crippen molar-refractivity contribution in [2.24, 2.45) is 0 Å². The van der Waals surface area contributed by atoms with E-state index in [1.165, 1.54) is 19.1 Å². The van der Waals surface area contributed by atoms with Crippen LogP contribution in [0.3, 0.4) is 0 Å². The number of carbonyl (C=O) groups is 1. The fourth-order valence-corrected chi connectivity index (χ4v) is 2.40. The molecule has 0 bridgehead atoms. The van der Waals surface area contributed by atoms with Gasteiger partial charge in [-0.05, 0) is 47.8 Å². The Bertz CT molecular complexity index is 506. The van der Waals surface area contributed by atoms with E-state index < -0.39 is 23.6 Å². The van der Waals surface area contributed by atoms with E-state index in [4.69, 9.17) is 5.11 Å². The van der Waals surface area contributed by atoms with Gasteiger partial charge in [0, 0.05) is 18.2 Å². The van der Waals surface area contributed by atoms with Gasteiger partial charge >= 0.3 is 5.97 Å². The second kappa shape index (κ2) is 5.54. The predicted molar refractivity (Wildman–Crippen MR) is 69.7 cm³/mol. The van der Waals surface area contributed by atoms with E-state index in [0.717, 1.165) is 12.8 Å². The smallest absolute Gasteiger partial charge is 0.320 e. The summed E-state index contributed by atoms with van der Waals surface area (Å²) in [5.74, 6) is -2.30. The number of aliphatic carboxylic acids is 1. The van der Waals surface area contributed by atoms with E-state index in [1.54, 1.807) is 4.90 Å². The van der Waals surface area contributed by atoms with Crippen LogP contribution < -0.4 is 0 Å². The fourth-order valence-electron chi connectivity index (χ4n) is 2.03. The SMILES string of the molecule is CC(C(=O)O)N(Cc1c(F)ccc(Br)c1F)C1CC1. The summed E-state index contributed by atoms with van der Waals surface area (Å²) in [6, 6.07) is 1.82. The number of nitrogens with zero attached hydrogens (tertiary/aromatic N) is 1. The molecule has 1 aromatic carbocycles. The summed E-state index contributed by atoms with van der Waals surface area (Å²) in [6.45, 7) is 1.50. The molecule has 1 N–H and O–H groups in total. The van der Waals surface area contributed by atoms with Crippen molar-refractivity contribution in [1.82, 2.24) is 4.90 Å². The standard InChI is InChI=1S/C13H14BrF2NO2/c1-7(13(18)19)17(8-2-3-8)6-9-11(15)5-4-10(14)12(9)16/h4-5,7-8H,2-3,6H2,1H3,(H,18,19). The number of hydrogen-bond acceptors (Lipinski definition) is 2. The average molecular weight is 334 g/mol. The van der Waals surface area contributed by atoms with Gasteiger partial charge < -0.3 is 5.11 Å². The molecule has 1 aliphatic carbocycles. The van der Waals surface area contributed by atoms with Gasteiger partial charge in [-0.25, -0.2) is 8.78 Å². The molecule has 0 saturated heterocycles. The Kier molecular flexibility index (Phi) is 4.20. The molecule has 6 heteroatoms. The highest BCUT2D eigenvalue weighted by atomic mass is 79.9. The summed E-state index contributed by atoms with van der Waals surface area (Å²) in [4.78, 5) is 12.7. The highest BCUT2D eigenvalue weighted by molar-refractivity contribution is 9.10. The molecular formula is C13H14BrF2NO2. The van der Waals surface area contributed by atoms with Crippen LogP contribution in [0.2, 0.25) is 0 Å². The molecule has 1 saturated carbocycles. The van der Waals surface area contributed by atoms with E-state index in [-0.39, 0.29) is 22.6 Å². The number of hydrogen-bond donors (Lipinski definition) is 1. The van der Waals surface area contributed by atoms with Gasteiger partial charge in [0.15, 0.2) is 0 Å². The first-order valence-corrected chi connectivity index (χ1v) is 6.82. The van der Waals surface area contributed by atoms with Crippen molar-refractivity contribution in [2.45, 2.75) is 38.4 Å². The van der Waals surface area contributed by atoms with Crippen molar-refractivity contribution in [3.05, 3.63) is 33.8 Å². The third kappa shape index (κ3) is 3.12. The van der Waals surface area contributed by atoms with Crippen molar-refractivity contribution in [3.63, 3.8) is 0 Å². The normalized spacial score (nSPS) is 16.7. The van der Waals surface area contributed by atoms with E-state index >= 15 is 0 Å².